The lowest BCUT2D eigenvalue weighted by Crippen LogP contribution is -2.36. The van der Waals surface area contributed by atoms with Crippen molar-refractivity contribution in [3.63, 3.8) is 0 Å². The van der Waals surface area contributed by atoms with Gasteiger partial charge < -0.3 is 15.5 Å². The Labute approximate surface area is 150 Å². The zero-order chi connectivity index (χ0) is 18.7. The fourth-order valence-corrected chi connectivity index (χ4v) is 2.47. The minimum Gasteiger partial charge on any atom is -0.354 e. The molecule has 25 heavy (non-hydrogen) atoms. The Balaban J connectivity index is 2.19. The van der Waals surface area contributed by atoms with Crippen LogP contribution in [0, 0.1) is 6.92 Å². The van der Waals surface area contributed by atoms with E-state index in [1.165, 1.54) is 6.20 Å². The maximum Gasteiger partial charge on any atom is 0.271 e. The Bertz CT molecular complexity index is 529. The summed E-state index contributed by atoms with van der Waals surface area (Å²) in [7, 11) is 0. The van der Waals surface area contributed by atoms with Crippen LogP contribution in [0.2, 0.25) is 0 Å². The van der Waals surface area contributed by atoms with Crippen molar-refractivity contribution >= 4 is 11.8 Å². The zero-order valence-electron chi connectivity index (χ0n) is 15.8. The molecule has 0 radical (unpaired) electrons. The molecule has 140 valence electrons. The van der Waals surface area contributed by atoms with Crippen molar-refractivity contribution in [3.05, 3.63) is 23.8 Å². The van der Waals surface area contributed by atoms with Crippen molar-refractivity contribution in [2.45, 2.75) is 53.0 Å². The normalized spacial score (nSPS) is 12.0. The van der Waals surface area contributed by atoms with Crippen molar-refractivity contribution in [2.75, 3.05) is 26.2 Å². The van der Waals surface area contributed by atoms with Gasteiger partial charge in [-0.25, -0.2) is 4.98 Å². The van der Waals surface area contributed by atoms with E-state index < -0.39 is 0 Å². The molecule has 1 unspecified atom stereocenters. The molecule has 0 saturated carbocycles. The minimum atomic E-state index is -0.312. The van der Waals surface area contributed by atoms with Gasteiger partial charge in [-0.2, -0.15) is 0 Å². The first-order chi connectivity index (χ1) is 12.0. The van der Waals surface area contributed by atoms with E-state index in [9.17, 15) is 9.59 Å². The van der Waals surface area contributed by atoms with Gasteiger partial charge in [0.25, 0.3) is 5.91 Å². The monoisotopic (exact) mass is 349 g/mol. The first-order valence-corrected chi connectivity index (χ1v) is 9.04. The third kappa shape index (κ3) is 8.58. The zero-order valence-corrected chi connectivity index (χ0v) is 15.8. The number of carbonyl (C=O) groups excluding carboxylic acids is 2. The maximum atomic E-state index is 11.9. The standard InChI is InChI=1S/C18H31N5O2/c1-5-23(6-2)11-7-8-14(3)22-17(24)9-10-19-18(25)16-13-20-15(4)12-21-16/h12-14H,5-11H2,1-4H3,(H,19,25)(H,22,24). The van der Waals surface area contributed by atoms with Gasteiger partial charge in [-0.3, -0.25) is 14.6 Å². The van der Waals surface area contributed by atoms with Crippen molar-refractivity contribution < 1.29 is 9.59 Å². The Hall–Kier alpha value is -2.02. The van der Waals surface area contributed by atoms with E-state index in [0.717, 1.165) is 38.2 Å². The van der Waals surface area contributed by atoms with Gasteiger partial charge in [-0.05, 0) is 46.3 Å². The molecule has 2 N–H and O–H groups in total. The summed E-state index contributed by atoms with van der Waals surface area (Å²) < 4.78 is 0. The molecule has 1 rings (SSSR count). The molecule has 0 aliphatic heterocycles. The number of hydrogen-bond donors (Lipinski definition) is 2. The molecule has 0 spiro atoms. The maximum absolute atomic E-state index is 11.9. The number of hydrogen-bond acceptors (Lipinski definition) is 5. The lowest BCUT2D eigenvalue weighted by atomic mass is 10.1. The molecule has 0 aromatic carbocycles. The highest BCUT2D eigenvalue weighted by Crippen LogP contribution is 2.00. The molecule has 2 amide bonds. The quantitative estimate of drug-likeness (QED) is 0.633. The molecule has 7 nitrogen and oxygen atoms in total. The van der Waals surface area contributed by atoms with Gasteiger partial charge in [0.2, 0.25) is 5.91 Å². The Kier molecular flexibility index (Phi) is 9.69. The van der Waals surface area contributed by atoms with Crippen molar-refractivity contribution in [1.82, 2.24) is 25.5 Å². The van der Waals surface area contributed by atoms with Gasteiger partial charge in [0, 0.05) is 25.2 Å². The van der Waals surface area contributed by atoms with Gasteiger partial charge in [0.1, 0.15) is 5.69 Å². The highest BCUT2D eigenvalue weighted by Gasteiger charge is 2.10. The van der Waals surface area contributed by atoms with Crippen LogP contribution in [0.3, 0.4) is 0 Å². The number of amides is 2. The summed E-state index contributed by atoms with van der Waals surface area (Å²) in [4.78, 5) is 34.2. The molecular weight excluding hydrogens is 318 g/mol. The Morgan fingerprint density at radius 1 is 1.20 bits per heavy atom. The molecule has 0 bridgehead atoms. The van der Waals surface area contributed by atoms with Gasteiger partial charge in [0.05, 0.1) is 11.9 Å². The summed E-state index contributed by atoms with van der Waals surface area (Å²) in [6.45, 7) is 11.6. The van der Waals surface area contributed by atoms with Crippen LogP contribution in [-0.2, 0) is 4.79 Å². The molecule has 0 fully saturated rings. The van der Waals surface area contributed by atoms with E-state index in [1.54, 1.807) is 6.20 Å². The van der Waals surface area contributed by atoms with Crippen molar-refractivity contribution in [2.24, 2.45) is 0 Å². The Morgan fingerprint density at radius 2 is 1.92 bits per heavy atom. The minimum absolute atomic E-state index is 0.0503. The summed E-state index contributed by atoms with van der Waals surface area (Å²) in [6, 6.07) is 0.140. The summed E-state index contributed by atoms with van der Waals surface area (Å²) in [5.74, 6) is -0.363. The molecule has 7 heteroatoms. The lowest BCUT2D eigenvalue weighted by Gasteiger charge is -2.19. The van der Waals surface area contributed by atoms with E-state index in [-0.39, 0.29) is 36.5 Å². The van der Waals surface area contributed by atoms with Gasteiger partial charge >= 0.3 is 0 Å². The molecule has 1 atom stereocenters. The van der Waals surface area contributed by atoms with E-state index in [2.05, 4.69) is 39.3 Å². The summed E-state index contributed by atoms with van der Waals surface area (Å²) in [5, 5.41) is 5.66. The largest absolute Gasteiger partial charge is 0.354 e. The van der Waals surface area contributed by atoms with E-state index in [1.807, 2.05) is 13.8 Å². The molecule has 1 heterocycles. The first kappa shape index (κ1) is 21.0. The topological polar surface area (TPSA) is 87.2 Å². The number of rotatable bonds is 11. The van der Waals surface area contributed by atoms with Crippen LogP contribution in [0.5, 0.6) is 0 Å². The molecule has 1 aromatic heterocycles. The second-order valence-electron chi connectivity index (χ2n) is 6.19. The number of nitrogens with one attached hydrogen (secondary N) is 2. The van der Waals surface area contributed by atoms with Crippen molar-refractivity contribution in [3.8, 4) is 0 Å². The SMILES string of the molecule is CCN(CC)CCCC(C)NC(=O)CCNC(=O)c1cnc(C)cn1. The molecule has 0 aliphatic carbocycles. The van der Waals surface area contributed by atoms with E-state index in [0.29, 0.717) is 0 Å². The van der Waals surface area contributed by atoms with Gasteiger partial charge in [-0.1, -0.05) is 13.8 Å². The van der Waals surface area contributed by atoms with Crippen LogP contribution in [0.1, 0.15) is 56.2 Å². The van der Waals surface area contributed by atoms with Crippen LogP contribution in [0.4, 0.5) is 0 Å². The predicted molar refractivity (Wildman–Crippen MR) is 98.3 cm³/mol. The summed E-state index contributed by atoms with van der Waals surface area (Å²) >= 11 is 0. The van der Waals surface area contributed by atoms with Crippen LogP contribution < -0.4 is 10.6 Å². The summed E-state index contributed by atoms with van der Waals surface area (Å²) in [6.07, 6.45) is 5.25. The van der Waals surface area contributed by atoms with E-state index >= 15 is 0 Å². The number of carbonyl (C=O) groups is 2. The van der Waals surface area contributed by atoms with Crippen LogP contribution >= 0.6 is 0 Å². The average Bonchev–Trinajstić information content (AvgIpc) is 2.59. The first-order valence-electron chi connectivity index (χ1n) is 9.04. The predicted octanol–water partition coefficient (Wildman–Crippen LogP) is 1.53. The van der Waals surface area contributed by atoms with Crippen molar-refractivity contribution in [1.29, 1.82) is 0 Å². The lowest BCUT2D eigenvalue weighted by molar-refractivity contribution is -0.121. The fraction of sp³-hybridized carbons (Fsp3) is 0.667. The van der Waals surface area contributed by atoms with Crippen LogP contribution in [-0.4, -0.2) is 58.9 Å². The average molecular weight is 349 g/mol. The van der Waals surface area contributed by atoms with Gasteiger partial charge in [0.15, 0.2) is 0 Å². The molecule has 1 aromatic rings. The number of aromatic nitrogens is 2. The second-order valence-corrected chi connectivity index (χ2v) is 6.19. The second kappa shape index (κ2) is 11.5. The third-order valence-electron chi connectivity index (χ3n) is 4.06. The molecule has 0 aliphatic rings. The molecule has 0 saturated heterocycles. The third-order valence-corrected chi connectivity index (χ3v) is 4.06. The number of nitrogens with zero attached hydrogens (tertiary/aromatic N) is 3. The van der Waals surface area contributed by atoms with Gasteiger partial charge in [-0.15, -0.1) is 0 Å². The van der Waals surface area contributed by atoms with Crippen LogP contribution in [0.15, 0.2) is 12.4 Å². The molecular formula is C18H31N5O2. The summed E-state index contributed by atoms with van der Waals surface area (Å²) in [5.41, 5.74) is 1.02. The Morgan fingerprint density at radius 3 is 2.52 bits per heavy atom. The smallest absolute Gasteiger partial charge is 0.271 e. The highest BCUT2D eigenvalue weighted by atomic mass is 16.2. The highest BCUT2D eigenvalue weighted by molar-refractivity contribution is 5.92. The van der Waals surface area contributed by atoms with E-state index in [4.69, 9.17) is 0 Å². The number of aryl methyl sites for hydroxylation is 1. The fourth-order valence-electron chi connectivity index (χ4n) is 2.47. The van der Waals surface area contributed by atoms with Crippen LogP contribution in [0.25, 0.3) is 0 Å².